The number of rotatable bonds is 80. The molecule has 0 heterocycles. The van der Waals surface area contributed by atoms with Crippen LogP contribution in [0.2, 0.25) is 0 Å². The van der Waals surface area contributed by atoms with Crippen molar-refractivity contribution in [2.45, 2.75) is 476 Å². The first-order chi connectivity index (χ1) is 44.3. The quantitative estimate of drug-likeness (QED) is 0.0347. The molecule has 0 aromatic carbocycles. The van der Waals surface area contributed by atoms with Crippen LogP contribution < -0.4 is 5.73 Å². The molecule has 0 aromatic rings. The van der Waals surface area contributed by atoms with Crippen LogP contribution in [0.4, 0.5) is 0 Å². The Morgan fingerprint density at radius 2 is 0.478 bits per heavy atom. The maximum absolute atomic E-state index is 12.8. The van der Waals surface area contributed by atoms with Gasteiger partial charge in [-0.05, 0) is 12.8 Å². The zero-order valence-electron chi connectivity index (χ0n) is 60.9. The highest BCUT2D eigenvalue weighted by Gasteiger charge is 2.26. The van der Waals surface area contributed by atoms with Gasteiger partial charge in [0.05, 0.1) is 13.2 Å². The van der Waals surface area contributed by atoms with Crippen LogP contribution in [0.5, 0.6) is 0 Å². The maximum Gasteiger partial charge on any atom is 0.472 e. The molecule has 0 aliphatic rings. The van der Waals surface area contributed by atoms with Crippen molar-refractivity contribution in [3.8, 4) is 0 Å². The van der Waals surface area contributed by atoms with Gasteiger partial charge in [0.2, 0.25) is 0 Å². The Bertz CT molecular complexity index is 1430. The summed E-state index contributed by atoms with van der Waals surface area (Å²) in [7, 11) is -4.39. The van der Waals surface area contributed by atoms with Crippen molar-refractivity contribution in [1.29, 1.82) is 0 Å². The molecule has 0 fully saturated rings. The van der Waals surface area contributed by atoms with E-state index in [1.165, 1.54) is 405 Å². The third-order valence-electron chi connectivity index (χ3n) is 19.2. The number of hydrogen-bond acceptors (Lipinski definition) is 8. The van der Waals surface area contributed by atoms with Gasteiger partial charge in [-0.25, -0.2) is 4.57 Å². The molecular weight excluding hydrogens is 1130 g/mol. The summed E-state index contributed by atoms with van der Waals surface area (Å²) < 4.78 is 33.3. The summed E-state index contributed by atoms with van der Waals surface area (Å²) in [5.74, 6) is -0.793. The van der Waals surface area contributed by atoms with Crippen LogP contribution in [0.25, 0.3) is 0 Å². The highest BCUT2D eigenvalue weighted by molar-refractivity contribution is 7.47. The van der Waals surface area contributed by atoms with Gasteiger partial charge in [0.15, 0.2) is 6.10 Å². The molecule has 3 N–H and O–H groups in total. The Labute approximate surface area is 562 Å². The van der Waals surface area contributed by atoms with Gasteiger partial charge >= 0.3 is 19.8 Å². The lowest BCUT2D eigenvalue weighted by Gasteiger charge is -2.19. The van der Waals surface area contributed by atoms with E-state index < -0.39 is 26.5 Å². The fourth-order valence-corrected chi connectivity index (χ4v) is 13.9. The molecule has 0 saturated heterocycles. The molecule has 9 nitrogen and oxygen atoms in total. The van der Waals surface area contributed by atoms with Crippen LogP contribution in [-0.2, 0) is 32.7 Å². The van der Waals surface area contributed by atoms with Gasteiger partial charge in [0.1, 0.15) is 6.61 Å². The van der Waals surface area contributed by atoms with Crippen molar-refractivity contribution in [3.05, 3.63) is 0 Å². The van der Waals surface area contributed by atoms with Gasteiger partial charge in [0, 0.05) is 19.4 Å². The molecule has 0 aliphatic carbocycles. The number of carbonyl (C=O) groups is 2. The lowest BCUT2D eigenvalue weighted by atomic mass is 10.0. The number of ether oxygens (including phenoxy) is 2. The van der Waals surface area contributed by atoms with Crippen molar-refractivity contribution in [3.63, 3.8) is 0 Å². The Morgan fingerprint density at radius 3 is 0.678 bits per heavy atom. The van der Waals surface area contributed by atoms with Crippen molar-refractivity contribution in [2.24, 2.45) is 5.73 Å². The molecule has 0 rings (SSSR count). The number of phosphoric acid groups is 1. The minimum atomic E-state index is -4.39. The summed E-state index contributed by atoms with van der Waals surface area (Å²) in [5.41, 5.74) is 5.42. The van der Waals surface area contributed by atoms with Crippen LogP contribution in [-0.4, -0.2) is 49.3 Å². The predicted molar refractivity (Wildman–Crippen MR) is 391 cm³/mol. The lowest BCUT2D eigenvalue weighted by molar-refractivity contribution is -0.161. The monoisotopic (exact) mass is 1290 g/mol. The Kier molecular flexibility index (Phi) is 76.2. The molecule has 538 valence electrons. The minimum Gasteiger partial charge on any atom is -0.462 e. The van der Waals surface area contributed by atoms with Crippen LogP contribution in [0.3, 0.4) is 0 Å². The molecule has 0 saturated carbocycles. The van der Waals surface area contributed by atoms with Crippen LogP contribution in [0.1, 0.15) is 470 Å². The zero-order valence-corrected chi connectivity index (χ0v) is 61.8. The van der Waals surface area contributed by atoms with Gasteiger partial charge in [0.25, 0.3) is 0 Å². The molecule has 2 atom stereocenters. The van der Waals surface area contributed by atoms with Gasteiger partial charge in [-0.3, -0.25) is 18.6 Å². The first-order valence-electron chi connectivity index (χ1n) is 41.0. The first-order valence-corrected chi connectivity index (χ1v) is 42.5. The van der Waals surface area contributed by atoms with Crippen molar-refractivity contribution in [1.82, 2.24) is 0 Å². The van der Waals surface area contributed by atoms with Crippen LogP contribution >= 0.6 is 7.82 Å². The number of carbonyl (C=O) groups excluding carboxylic acids is 2. The van der Waals surface area contributed by atoms with E-state index in [4.69, 9.17) is 24.3 Å². The van der Waals surface area contributed by atoms with E-state index in [-0.39, 0.29) is 32.1 Å². The largest absolute Gasteiger partial charge is 0.472 e. The molecule has 0 radical (unpaired) electrons. The number of nitrogens with two attached hydrogens (primary N) is 1. The van der Waals surface area contributed by atoms with Crippen molar-refractivity contribution >= 4 is 19.8 Å². The summed E-state index contributed by atoms with van der Waals surface area (Å²) >= 11 is 0. The number of esters is 2. The second kappa shape index (κ2) is 77.0. The van der Waals surface area contributed by atoms with Gasteiger partial charge in [-0.2, -0.15) is 0 Å². The summed E-state index contributed by atoms with van der Waals surface area (Å²) in [6.07, 6.45) is 94.1. The molecule has 10 heteroatoms. The summed E-state index contributed by atoms with van der Waals surface area (Å²) in [4.78, 5) is 35.5. The second-order valence-electron chi connectivity index (χ2n) is 28.4. The van der Waals surface area contributed by atoms with E-state index >= 15 is 0 Å². The highest BCUT2D eigenvalue weighted by atomic mass is 31.2. The number of unbranched alkanes of at least 4 members (excludes halogenated alkanes) is 67. The number of hydrogen-bond donors (Lipinski definition) is 2. The van der Waals surface area contributed by atoms with Gasteiger partial charge in [-0.15, -0.1) is 0 Å². The van der Waals surface area contributed by atoms with E-state index in [1.54, 1.807) is 0 Å². The van der Waals surface area contributed by atoms with Crippen molar-refractivity contribution in [2.75, 3.05) is 26.4 Å². The van der Waals surface area contributed by atoms with E-state index in [0.29, 0.717) is 12.8 Å². The smallest absolute Gasteiger partial charge is 0.462 e. The lowest BCUT2D eigenvalue weighted by Crippen LogP contribution is -2.29. The van der Waals surface area contributed by atoms with Crippen molar-refractivity contribution < 1.29 is 37.6 Å². The molecule has 2 unspecified atom stereocenters. The fraction of sp³-hybridized carbons (Fsp3) is 0.975. The SMILES string of the molecule is CCCCCCCCCCCCCCCCCCCCCCCCCCCCCCCCCCCCCCC(=O)OC(COC(=O)CCCCCCCCCCCCCCCCCCCCCCCCCCCCCCCCCCC)COP(=O)(O)OCCN. The molecule has 0 aliphatic heterocycles. The average molecular weight is 1300 g/mol. The summed E-state index contributed by atoms with van der Waals surface area (Å²) in [6.45, 7) is 3.86. The molecule has 90 heavy (non-hydrogen) atoms. The Hall–Kier alpha value is -0.990. The Balaban J connectivity index is 3.71. The maximum atomic E-state index is 12.8. The predicted octanol–water partition coefficient (Wildman–Crippen LogP) is 27.3. The fourth-order valence-electron chi connectivity index (χ4n) is 13.2. The number of phosphoric ester groups is 1. The van der Waals surface area contributed by atoms with Gasteiger partial charge in [-0.1, -0.05) is 444 Å². The van der Waals surface area contributed by atoms with Crippen LogP contribution in [0.15, 0.2) is 0 Å². The topological polar surface area (TPSA) is 134 Å². The molecule has 0 amide bonds. The molecular formula is C80H160NO8P. The molecule has 0 spiro atoms. The third-order valence-corrected chi connectivity index (χ3v) is 20.2. The Morgan fingerprint density at radius 1 is 0.289 bits per heavy atom. The summed E-state index contributed by atoms with van der Waals surface area (Å²) in [6, 6.07) is 0. The normalized spacial score (nSPS) is 12.7. The van der Waals surface area contributed by atoms with E-state index in [0.717, 1.165) is 32.1 Å². The standard InChI is InChI=1S/C80H160NO8P/c1-3-5-7-9-11-13-15-17-19-21-23-25-27-29-31-33-35-37-38-39-41-43-45-47-49-51-53-55-57-59-61-63-65-67-69-71-73-80(83)89-78(77-88-90(84,85)87-75-74-81)76-86-79(82)72-70-68-66-64-62-60-58-56-54-52-50-48-46-44-42-40-36-34-32-30-28-26-24-22-20-18-16-14-12-10-8-6-4-2/h78H,3-77,81H2,1-2H3,(H,84,85). The average Bonchev–Trinajstić information content (AvgIpc) is 3.66. The molecule has 0 aromatic heterocycles. The minimum absolute atomic E-state index is 0.0590. The third kappa shape index (κ3) is 76.0. The van der Waals surface area contributed by atoms with E-state index in [1.807, 2.05) is 0 Å². The van der Waals surface area contributed by atoms with E-state index in [2.05, 4.69) is 13.8 Å². The van der Waals surface area contributed by atoms with Crippen LogP contribution in [0, 0.1) is 0 Å². The van der Waals surface area contributed by atoms with E-state index in [9.17, 15) is 19.0 Å². The zero-order chi connectivity index (χ0) is 65.1. The second-order valence-corrected chi connectivity index (χ2v) is 29.8. The first kappa shape index (κ1) is 89.0. The molecule has 0 bridgehead atoms. The van der Waals surface area contributed by atoms with Gasteiger partial charge < -0.3 is 20.1 Å². The summed E-state index contributed by atoms with van der Waals surface area (Å²) in [5, 5.41) is 0. The highest BCUT2D eigenvalue weighted by Crippen LogP contribution is 2.43.